The largest absolute Gasteiger partial charge is 0.321 e. The second-order valence-electron chi connectivity index (χ2n) is 6.74. The summed E-state index contributed by atoms with van der Waals surface area (Å²) in [4.78, 5) is 14.9. The summed E-state index contributed by atoms with van der Waals surface area (Å²) >= 11 is 0. The monoisotopic (exact) mass is 290 g/mol. The van der Waals surface area contributed by atoms with Gasteiger partial charge in [-0.2, -0.15) is 0 Å². The highest BCUT2D eigenvalue weighted by atomic mass is 19.1. The Morgan fingerprint density at radius 2 is 1.90 bits per heavy atom. The zero-order chi connectivity index (χ0) is 15.0. The third-order valence-corrected chi connectivity index (χ3v) is 4.60. The van der Waals surface area contributed by atoms with Crippen LogP contribution >= 0.6 is 0 Å². The lowest BCUT2D eigenvalue weighted by Gasteiger charge is -2.26. The van der Waals surface area contributed by atoms with Crippen molar-refractivity contribution >= 4 is 5.91 Å². The Bertz CT molecular complexity index is 520. The molecule has 1 atom stereocenters. The molecule has 1 unspecified atom stereocenters. The van der Waals surface area contributed by atoms with Crippen LogP contribution in [0.1, 0.15) is 51.3 Å². The number of hydrogen-bond donors (Lipinski definition) is 1. The van der Waals surface area contributed by atoms with E-state index in [0.29, 0.717) is 5.92 Å². The number of carbonyl (C=O) groups is 1. The van der Waals surface area contributed by atoms with Gasteiger partial charge in [-0.15, -0.1) is 0 Å². The van der Waals surface area contributed by atoms with E-state index >= 15 is 0 Å². The van der Waals surface area contributed by atoms with Crippen LogP contribution in [0.4, 0.5) is 4.39 Å². The van der Waals surface area contributed by atoms with Crippen LogP contribution in [0.3, 0.4) is 0 Å². The summed E-state index contributed by atoms with van der Waals surface area (Å²) in [7, 11) is 0. The van der Waals surface area contributed by atoms with E-state index in [1.165, 1.54) is 12.1 Å². The van der Waals surface area contributed by atoms with Crippen LogP contribution < -0.4 is 5.32 Å². The molecule has 0 bridgehead atoms. The number of hydrogen-bond acceptors (Lipinski definition) is 2. The van der Waals surface area contributed by atoms with E-state index in [1.54, 1.807) is 12.1 Å². The summed E-state index contributed by atoms with van der Waals surface area (Å²) in [5.74, 6) is 0.396. The Morgan fingerprint density at radius 1 is 1.29 bits per heavy atom. The van der Waals surface area contributed by atoms with Crippen molar-refractivity contribution in [3.8, 4) is 0 Å². The van der Waals surface area contributed by atoms with Crippen molar-refractivity contribution in [3.05, 3.63) is 35.6 Å². The normalized spacial score (nSPS) is 24.5. The molecule has 21 heavy (non-hydrogen) atoms. The predicted octanol–water partition coefficient (Wildman–Crippen LogP) is 3.22. The first-order chi connectivity index (χ1) is 10.0. The highest BCUT2D eigenvalue weighted by molar-refractivity contribution is 5.89. The van der Waals surface area contributed by atoms with Crippen LogP contribution in [0.2, 0.25) is 0 Å². The van der Waals surface area contributed by atoms with Crippen LogP contribution in [0, 0.1) is 11.7 Å². The van der Waals surface area contributed by atoms with Crippen LogP contribution in [0.15, 0.2) is 24.3 Å². The Balaban J connectivity index is 1.92. The average Bonchev–Trinajstić information content (AvgIpc) is 3.01. The van der Waals surface area contributed by atoms with Gasteiger partial charge in [0.05, 0.1) is 5.54 Å². The van der Waals surface area contributed by atoms with E-state index in [1.807, 2.05) is 4.90 Å². The fourth-order valence-electron chi connectivity index (χ4n) is 3.62. The van der Waals surface area contributed by atoms with Gasteiger partial charge in [0.15, 0.2) is 0 Å². The van der Waals surface area contributed by atoms with Gasteiger partial charge >= 0.3 is 0 Å². The van der Waals surface area contributed by atoms with Gasteiger partial charge in [0, 0.05) is 6.54 Å². The number of nitrogens with one attached hydrogen (secondary N) is 1. The van der Waals surface area contributed by atoms with Gasteiger partial charge in [-0.25, -0.2) is 4.39 Å². The van der Waals surface area contributed by atoms with E-state index in [0.717, 1.165) is 37.8 Å². The van der Waals surface area contributed by atoms with E-state index in [9.17, 15) is 9.18 Å². The predicted molar refractivity (Wildman–Crippen MR) is 80.0 cm³/mol. The quantitative estimate of drug-likeness (QED) is 0.927. The topological polar surface area (TPSA) is 32.3 Å². The minimum atomic E-state index is -0.381. The van der Waals surface area contributed by atoms with Crippen molar-refractivity contribution in [2.24, 2.45) is 5.92 Å². The first kappa shape index (κ1) is 14.5. The first-order valence-electron chi connectivity index (χ1n) is 7.86. The fourth-order valence-corrected chi connectivity index (χ4v) is 3.62. The van der Waals surface area contributed by atoms with Gasteiger partial charge in [0.1, 0.15) is 12.0 Å². The van der Waals surface area contributed by atoms with E-state index in [2.05, 4.69) is 19.2 Å². The van der Waals surface area contributed by atoms with Crippen LogP contribution in [0.25, 0.3) is 0 Å². The second-order valence-corrected chi connectivity index (χ2v) is 6.74. The van der Waals surface area contributed by atoms with Crippen molar-refractivity contribution in [1.29, 1.82) is 0 Å². The Kier molecular flexibility index (Phi) is 3.74. The van der Waals surface area contributed by atoms with Crippen molar-refractivity contribution < 1.29 is 9.18 Å². The Morgan fingerprint density at radius 3 is 2.48 bits per heavy atom. The number of carbonyl (C=O) groups excluding carboxylic acids is 1. The highest BCUT2D eigenvalue weighted by Crippen LogP contribution is 2.41. The van der Waals surface area contributed by atoms with E-state index in [-0.39, 0.29) is 23.4 Å². The summed E-state index contributed by atoms with van der Waals surface area (Å²) in [5, 5.41) is 3.56. The third kappa shape index (κ3) is 2.57. The maximum absolute atomic E-state index is 13.2. The molecule has 1 saturated heterocycles. The maximum Gasteiger partial charge on any atom is 0.244 e. The molecule has 2 fully saturated rings. The molecule has 1 saturated carbocycles. The molecule has 1 aliphatic carbocycles. The number of benzene rings is 1. The van der Waals surface area contributed by atoms with E-state index in [4.69, 9.17) is 0 Å². The number of rotatable bonds is 3. The molecule has 114 valence electrons. The molecule has 0 aromatic heterocycles. The number of amides is 1. The van der Waals surface area contributed by atoms with E-state index < -0.39 is 0 Å². The van der Waals surface area contributed by atoms with Gasteiger partial charge in [0.25, 0.3) is 0 Å². The van der Waals surface area contributed by atoms with Gasteiger partial charge in [-0.1, -0.05) is 38.8 Å². The molecule has 1 aromatic carbocycles. The summed E-state index contributed by atoms with van der Waals surface area (Å²) in [6, 6.07) is 6.49. The zero-order valence-corrected chi connectivity index (χ0v) is 12.7. The number of nitrogens with zero attached hydrogens (tertiary/aromatic N) is 1. The lowest BCUT2D eigenvalue weighted by molar-refractivity contribution is -0.133. The molecular formula is C17H23FN2O. The molecule has 1 aromatic rings. The molecule has 1 spiro atoms. The van der Waals surface area contributed by atoms with Crippen LogP contribution in [0.5, 0.6) is 0 Å². The maximum atomic E-state index is 13.2. The smallest absolute Gasteiger partial charge is 0.244 e. The zero-order valence-electron chi connectivity index (χ0n) is 12.7. The summed E-state index contributed by atoms with van der Waals surface area (Å²) in [5.41, 5.74) is 0.586. The highest BCUT2D eigenvalue weighted by Gasteiger charge is 2.52. The van der Waals surface area contributed by atoms with Gasteiger partial charge in [-0.05, 0) is 36.5 Å². The van der Waals surface area contributed by atoms with Crippen molar-refractivity contribution in [3.63, 3.8) is 0 Å². The first-order valence-corrected chi connectivity index (χ1v) is 7.86. The molecule has 0 radical (unpaired) electrons. The Labute approximate surface area is 125 Å². The lowest BCUT2D eigenvalue weighted by atomic mass is 9.98. The molecular weight excluding hydrogens is 267 g/mol. The minimum Gasteiger partial charge on any atom is -0.321 e. The summed E-state index contributed by atoms with van der Waals surface area (Å²) in [6.07, 6.45) is 3.91. The summed E-state index contributed by atoms with van der Waals surface area (Å²) < 4.78 is 13.2. The van der Waals surface area contributed by atoms with Gasteiger partial charge in [0.2, 0.25) is 5.91 Å². The molecule has 4 heteroatoms. The molecule has 1 amide bonds. The lowest BCUT2D eigenvalue weighted by Crippen LogP contribution is -2.44. The van der Waals surface area contributed by atoms with Crippen molar-refractivity contribution in [2.45, 2.75) is 51.2 Å². The molecule has 2 aliphatic rings. The molecule has 3 rings (SSSR count). The molecule has 1 aliphatic heterocycles. The Hall–Kier alpha value is -1.42. The third-order valence-electron chi connectivity index (χ3n) is 4.60. The standard InChI is InChI=1S/C17H23FN2O/c1-12(2)11-20-15(13-5-7-14(18)8-6-13)19-17(16(20)21)9-3-4-10-17/h5-8,12,15,19H,3-4,9-11H2,1-2H3. The van der Waals surface area contributed by atoms with Crippen molar-refractivity contribution in [1.82, 2.24) is 10.2 Å². The molecule has 1 N–H and O–H groups in total. The SMILES string of the molecule is CC(C)CN1C(=O)C2(CCCC2)NC1c1ccc(F)cc1. The fraction of sp³-hybridized carbons (Fsp3) is 0.588. The summed E-state index contributed by atoms with van der Waals surface area (Å²) in [6.45, 7) is 4.97. The van der Waals surface area contributed by atoms with Crippen molar-refractivity contribution in [2.75, 3.05) is 6.54 Å². The number of halogens is 1. The van der Waals surface area contributed by atoms with Crippen LogP contribution in [-0.2, 0) is 4.79 Å². The van der Waals surface area contributed by atoms with Gasteiger partial charge in [-0.3, -0.25) is 10.1 Å². The minimum absolute atomic E-state index is 0.126. The van der Waals surface area contributed by atoms with Gasteiger partial charge < -0.3 is 4.90 Å². The average molecular weight is 290 g/mol. The second kappa shape index (κ2) is 5.41. The van der Waals surface area contributed by atoms with Crippen LogP contribution in [-0.4, -0.2) is 22.9 Å². The molecule has 3 nitrogen and oxygen atoms in total. The molecule has 1 heterocycles.